The molecule has 1 aliphatic rings. The normalized spacial score (nSPS) is 15.7. The van der Waals surface area contributed by atoms with E-state index in [1.165, 1.54) is 33.6 Å². The lowest BCUT2D eigenvalue weighted by molar-refractivity contribution is -0.122. The van der Waals surface area contributed by atoms with E-state index in [2.05, 4.69) is 29.4 Å². The maximum absolute atomic E-state index is 12.6. The van der Waals surface area contributed by atoms with Crippen molar-refractivity contribution in [1.82, 2.24) is 9.88 Å². The number of nitrogens with zero attached hydrogens (tertiary/aromatic N) is 2. The third-order valence-electron chi connectivity index (χ3n) is 3.80. The molecule has 0 saturated carbocycles. The van der Waals surface area contributed by atoms with Crippen molar-refractivity contribution in [3.63, 3.8) is 0 Å². The Morgan fingerprint density at radius 2 is 2.12 bits per heavy atom. The summed E-state index contributed by atoms with van der Waals surface area (Å²) in [6, 6.07) is 8.09. The van der Waals surface area contributed by atoms with Crippen LogP contribution in [0.15, 0.2) is 40.7 Å². The van der Waals surface area contributed by atoms with Crippen LogP contribution in [0.4, 0.5) is 5.13 Å². The van der Waals surface area contributed by atoms with Gasteiger partial charge in [0.1, 0.15) is 4.32 Å². The molecule has 1 aliphatic heterocycles. The minimum absolute atomic E-state index is 0.151. The van der Waals surface area contributed by atoms with E-state index in [0.717, 1.165) is 12.0 Å². The molecule has 2 heterocycles. The Balaban J connectivity index is 1.60. The predicted octanol–water partition coefficient (Wildman–Crippen LogP) is 3.94. The van der Waals surface area contributed by atoms with E-state index in [-0.39, 0.29) is 24.8 Å². The van der Waals surface area contributed by atoms with Crippen molar-refractivity contribution in [2.45, 2.75) is 19.8 Å². The molecular formula is C18H17N3O2S3. The minimum atomic E-state index is -0.187. The van der Waals surface area contributed by atoms with E-state index >= 15 is 0 Å². The molecule has 0 radical (unpaired) electrons. The molecule has 1 aromatic heterocycles. The van der Waals surface area contributed by atoms with E-state index < -0.39 is 0 Å². The van der Waals surface area contributed by atoms with Crippen LogP contribution in [-0.2, 0) is 16.0 Å². The first-order chi connectivity index (χ1) is 12.6. The molecule has 1 aromatic carbocycles. The lowest BCUT2D eigenvalue weighted by Gasteiger charge is -2.13. The van der Waals surface area contributed by atoms with Crippen LogP contribution in [0.5, 0.6) is 0 Å². The van der Waals surface area contributed by atoms with Gasteiger partial charge in [-0.3, -0.25) is 14.5 Å². The summed E-state index contributed by atoms with van der Waals surface area (Å²) in [6.07, 6.45) is 4.62. The zero-order chi connectivity index (χ0) is 18.5. The number of carbonyl (C=O) groups is 2. The maximum Gasteiger partial charge on any atom is 0.266 e. The number of aryl methyl sites for hydroxylation is 1. The van der Waals surface area contributed by atoms with Crippen LogP contribution in [-0.4, -0.2) is 32.6 Å². The fraction of sp³-hybridized carbons (Fsp3) is 0.222. The second-order valence-electron chi connectivity index (χ2n) is 5.56. The van der Waals surface area contributed by atoms with Gasteiger partial charge >= 0.3 is 0 Å². The largest absolute Gasteiger partial charge is 0.302 e. The minimum Gasteiger partial charge on any atom is -0.302 e. The number of thiocarbonyl (C=S) groups is 1. The molecule has 0 aliphatic carbocycles. The van der Waals surface area contributed by atoms with E-state index in [1.807, 2.05) is 18.2 Å². The number of hydrogen-bond donors (Lipinski definition) is 1. The second kappa shape index (κ2) is 8.57. The molecule has 0 unspecified atom stereocenters. The van der Waals surface area contributed by atoms with Crippen molar-refractivity contribution >= 4 is 62.7 Å². The number of anilines is 1. The molecule has 2 aromatic rings. The van der Waals surface area contributed by atoms with Gasteiger partial charge in [-0.25, -0.2) is 4.98 Å². The second-order valence-corrected chi connectivity index (χ2v) is 8.13. The van der Waals surface area contributed by atoms with Gasteiger partial charge in [0.15, 0.2) is 5.13 Å². The average molecular weight is 404 g/mol. The number of amides is 2. The van der Waals surface area contributed by atoms with Gasteiger partial charge in [-0.05, 0) is 23.6 Å². The summed E-state index contributed by atoms with van der Waals surface area (Å²) in [7, 11) is 0. The molecule has 134 valence electrons. The Kier molecular flexibility index (Phi) is 6.18. The predicted molar refractivity (Wildman–Crippen MR) is 111 cm³/mol. The highest BCUT2D eigenvalue weighted by Gasteiger charge is 2.32. The number of benzene rings is 1. The number of nitrogens with one attached hydrogen (secondary N) is 1. The van der Waals surface area contributed by atoms with Crippen LogP contribution in [0.1, 0.15) is 24.5 Å². The van der Waals surface area contributed by atoms with Gasteiger partial charge in [0.25, 0.3) is 5.91 Å². The zero-order valence-electron chi connectivity index (χ0n) is 14.1. The SMILES string of the molecule is CCc1ccc(C=C2SC(=S)N(CCC(=O)Nc3nccs3)C2=O)cc1. The number of hydrogen-bond acceptors (Lipinski definition) is 6. The van der Waals surface area contributed by atoms with Gasteiger partial charge in [0.05, 0.1) is 4.91 Å². The summed E-state index contributed by atoms with van der Waals surface area (Å²) in [5, 5.41) is 5.04. The lowest BCUT2D eigenvalue weighted by Crippen LogP contribution is -2.31. The summed E-state index contributed by atoms with van der Waals surface area (Å²) in [5.41, 5.74) is 2.21. The Bertz CT molecular complexity index is 845. The molecule has 26 heavy (non-hydrogen) atoms. The smallest absolute Gasteiger partial charge is 0.266 e. The number of thiazole rings is 1. The van der Waals surface area contributed by atoms with Crippen LogP contribution in [0.3, 0.4) is 0 Å². The van der Waals surface area contributed by atoms with Crippen molar-refractivity contribution in [2.24, 2.45) is 0 Å². The summed E-state index contributed by atoms with van der Waals surface area (Å²) in [6.45, 7) is 2.36. The van der Waals surface area contributed by atoms with Gasteiger partial charge in [-0.2, -0.15) is 0 Å². The number of carbonyl (C=O) groups excluding carboxylic acids is 2. The van der Waals surface area contributed by atoms with E-state index in [1.54, 1.807) is 11.6 Å². The fourth-order valence-electron chi connectivity index (χ4n) is 2.37. The Labute approximate surface area is 165 Å². The molecule has 0 atom stereocenters. The molecule has 5 nitrogen and oxygen atoms in total. The molecule has 2 amide bonds. The highest BCUT2D eigenvalue weighted by Crippen LogP contribution is 2.32. The number of aromatic nitrogens is 1. The molecule has 1 N–H and O–H groups in total. The van der Waals surface area contributed by atoms with E-state index in [0.29, 0.717) is 14.4 Å². The quantitative estimate of drug-likeness (QED) is 0.585. The summed E-state index contributed by atoms with van der Waals surface area (Å²) >= 11 is 7.93. The topological polar surface area (TPSA) is 62.3 Å². The maximum atomic E-state index is 12.6. The van der Waals surface area contributed by atoms with Crippen molar-refractivity contribution < 1.29 is 9.59 Å². The molecule has 0 spiro atoms. The van der Waals surface area contributed by atoms with Crippen molar-refractivity contribution in [2.75, 3.05) is 11.9 Å². The summed E-state index contributed by atoms with van der Waals surface area (Å²) in [4.78, 5) is 30.6. The summed E-state index contributed by atoms with van der Waals surface area (Å²) in [5.74, 6) is -0.338. The third-order valence-corrected chi connectivity index (χ3v) is 5.87. The molecule has 3 rings (SSSR count). The number of rotatable bonds is 6. The summed E-state index contributed by atoms with van der Waals surface area (Å²) < 4.78 is 0.480. The van der Waals surface area contributed by atoms with Gasteiger partial charge in [0.2, 0.25) is 5.91 Å². The Hall–Kier alpha value is -2.03. The van der Waals surface area contributed by atoms with Crippen molar-refractivity contribution in [3.05, 3.63) is 51.9 Å². The first kappa shape index (κ1) is 18.8. The molecule has 1 saturated heterocycles. The van der Waals surface area contributed by atoms with Gasteiger partial charge in [-0.1, -0.05) is 55.2 Å². The zero-order valence-corrected chi connectivity index (χ0v) is 16.5. The monoisotopic (exact) mass is 403 g/mol. The van der Waals surface area contributed by atoms with Crippen LogP contribution >= 0.6 is 35.3 Å². The average Bonchev–Trinajstić information content (AvgIpc) is 3.23. The highest BCUT2D eigenvalue weighted by molar-refractivity contribution is 8.26. The molecule has 1 fully saturated rings. The third kappa shape index (κ3) is 4.57. The van der Waals surface area contributed by atoms with E-state index in [4.69, 9.17) is 12.2 Å². The van der Waals surface area contributed by atoms with Crippen molar-refractivity contribution in [3.8, 4) is 0 Å². The van der Waals surface area contributed by atoms with Crippen LogP contribution in [0.25, 0.3) is 6.08 Å². The first-order valence-electron chi connectivity index (χ1n) is 8.10. The molecule has 0 bridgehead atoms. The van der Waals surface area contributed by atoms with Gasteiger partial charge < -0.3 is 5.32 Å². The fourth-order valence-corrected chi connectivity index (χ4v) is 4.23. The number of thioether (sulfide) groups is 1. The standard InChI is InChI=1S/C18H17N3O2S3/c1-2-12-3-5-13(6-4-12)11-14-16(23)21(18(24)26-14)9-7-15(22)20-17-19-8-10-25-17/h3-6,8,10-11H,2,7,9H2,1H3,(H,19,20,22). The lowest BCUT2D eigenvalue weighted by atomic mass is 10.1. The highest BCUT2D eigenvalue weighted by atomic mass is 32.2. The van der Waals surface area contributed by atoms with Gasteiger partial charge in [-0.15, -0.1) is 11.3 Å². The molecular weight excluding hydrogens is 386 g/mol. The van der Waals surface area contributed by atoms with E-state index in [9.17, 15) is 9.59 Å². The van der Waals surface area contributed by atoms with Crippen LogP contribution < -0.4 is 5.32 Å². The first-order valence-corrected chi connectivity index (χ1v) is 10.2. The Morgan fingerprint density at radius 3 is 2.77 bits per heavy atom. The Morgan fingerprint density at radius 1 is 1.35 bits per heavy atom. The molecule has 8 heteroatoms. The van der Waals surface area contributed by atoms with Gasteiger partial charge in [0, 0.05) is 24.5 Å². The van der Waals surface area contributed by atoms with Crippen LogP contribution in [0.2, 0.25) is 0 Å². The van der Waals surface area contributed by atoms with Crippen LogP contribution in [0, 0.1) is 0 Å². The van der Waals surface area contributed by atoms with Crippen molar-refractivity contribution in [1.29, 1.82) is 0 Å².